The topological polar surface area (TPSA) is 59.1 Å². The van der Waals surface area contributed by atoms with E-state index >= 15 is 0 Å². The standard InChI is InChI=1S/C26H20BrClN2O4S/c1-33-24(31)15-29-22(25(32)30(26(29)35)21-12-10-20(28)11-13-21)14-18-4-2-3-5-23(18)34-16-17-6-8-19(27)9-7-17/h2-14H,15-16H2,1H3/b22-14-. The number of rotatable bonds is 7. The maximum absolute atomic E-state index is 13.5. The number of esters is 1. The van der Waals surface area contributed by atoms with Crippen LogP contribution < -0.4 is 9.64 Å². The van der Waals surface area contributed by atoms with Crippen LogP contribution in [0.2, 0.25) is 5.02 Å². The number of methoxy groups -OCH3 is 1. The van der Waals surface area contributed by atoms with Gasteiger partial charge in [-0.05, 0) is 66.3 Å². The van der Waals surface area contributed by atoms with E-state index in [1.807, 2.05) is 48.5 Å². The quantitative estimate of drug-likeness (QED) is 0.202. The third-order valence-corrected chi connectivity index (χ3v) is 6.44. The van der Waals surface area contributed by atoms with Crippen molar-refractivity contribution in [3.8, 4) is 5.75 Å². The van der Waals surface area contributed by atoms with Crippen LogP contribution in [0.5, 0.6) is 5.75 Å². The highest BCUT2D eigenvalue weighted by Gasteiger charge is 2.40. The fourth-order valence-electron chi connectivity index (χ4n) is 3.46. The molecule has 3 aromatic rings. The van der Waals surface area contributed by atoms with Gasteiger partial charge in [0.1, 0.15) is 24.6 Å². The van der Waals surface area contributed by atoms with Crippen molar-refractivity contribution in [3.63, 3.8) is 0 Å². The molecule has 3 aromatic carbocycles. The molecule has 0 bridgehead atoms. The number of anilines is 1. The molecule has 0 spiro atoms. The Morgan fingerprint density at radius 1 is 1.06 bits per heavy atom. The molecular formula is C26H20BrClN2O4S. The van der Waals surface area contributed by atoms with Crippen LogP contribution >= 0.6 is 39.7 Å². The first-order valence-electron chi connectivity index (χ1n) is 10.5. The van der Waals surface area contributed by atoms with Crippen LogP contribution in [0, 0.1) is 0 Å². The van der Waals surface area contributed by atoms with Crippen molar-refractivity contribution in [2.75, 3.05) is 18.6 Å². The number of hydrogen-bond donors (Lipinski definition) is 0. The zero-order valence-corrected chi connectivity index (χ0v) is 21.8. The van der Waals surface area contributed by atoms with Crippen molar-refractivity contribution in [3.05, 3.63) is 99.1 Å². The summed E-state index contributed by atoms with van der Waals surface area (Å²) in [4.78, 5) is 28.5. The third kappa shape index (κ3) is 5.73. The minimum Gasteiger partial charge on any atom is -0.488 e. The molecule has 0 unspecified atom stereocenters. The smallest absolute Gasteiger partial charge is 0.325 e. The Morgan fingerprint density at radius 2 is 1.74 bits per heavy atom. The Labute approximate surface area is 221 Å². The Hall–Kier alpha value is -3.20. The highest BCUT2D eigenvalue weighted by Crippen LogP contribution is 2.32. The summed E-state index contributed by atoms with van der Waals surface area (Å²) in [6.07, 6.45) is 1.67. The predicted molar refractivity (Wildman–Crippen MR) is 143 cm³/mol. The summed E-state index contributed by atoms with van der Waals surface area (Å²) < 4.78 is 11.9. The molecule has 1 amide bonds. The summed E-state index contributed by atoms with van der Waals surface area (Å²) in [5.41, 5.74) is 2.44. The zero-order valence-electron chi connectivity index (χ0n) is 18.6. The lowest BCUT2D eigenvalue weighted by molar-refractivity contribution is -0.140. The summed E-state index contributed by atoms with van der Waals surface area (Å²) in [5.74, 6) is -0.308. The number of ether oxygens (including phenoxy) is 2. The SMILES string of the molecule is COC(=O)CN1C(=S)N(c2ccc(Cl)cc2)C(=O)/C1=C/c1ccccc1OCc1ccc(Br)cc1. The molecule has 1 fully saturated rings. The first-order chi connectivity index (χ1) is 16.9. The summed E-state index contributed by atoms with van der Waals surface area (Å²) in [5, 5.41) is 0.701. The lowest BCUT2D eigenvalue weighted by Gasteiger charge is -2.19. The van der Waals surface area contributed by atoms with E-state index in [-0.39, 0.29) is 23.3 Å². The molecule has 1 saturated heterocycles. The molecular weight excluding hydrogens is 552 g/mol. The van der Waals surface area contributed by atoms with Gasteiger partial charge in [0.15, 0.2) is 5.11 Å². The Kier molecular flexibility index (Phi) is 7.85. The van der Waals surface area contributed by atoms with Gasteiger partial charge in [-0.25, -0.2) is 0 Å². The van der Waals surface area contributed by atoms with Crippen molar-refractivity contribution in [2.24, 2.45) is 0 Å². The molecule has 0 aromatic heterocycles. The Balaban J connectivity index is 1.68. The van der Waals surface area contributed by atoms with Crippen molar-refractivity contribution < 1.29 is 19.1 Å². The minimum absolute atomic E-state index is 0.169. The third-order valence-electron chi connectivity index (χ3n) is 5.25. The van der Waals surface area contributed by atoms with Crippen LogP contribution in [-0.2, 0) is 20.9 Å². The van der Waals surface area contributed by atoms with Gasteiger partial charge < -0.3 is 14.4 Å². The maximum atomic E-state index is 13.5. The van der Waals surface area contributed by atoms with Gasteiger partial charge in [-0.2, -0.15) is 0 Å². The molecule has 6 nitrogen and oxygen atoms in total. The van der Waals surface area contributed by atoms with Gasteiger partial charge in [-0.3, -0.25) is 14.5 Å². The lowest BCUT2D eigenvalue weighted by Crippen LogP contribution is -2.35. The van der Waals surface area contributed by atoms with Gasteiger partial charge in [0.05, 0.1) is 12.8 Å². The zero-order chi connectivity index (χ0) is 24.9. The van der Waals surface area contributed by atoms with E-state index in [4.69, 9.17) is 33.3 Å². The molecule has 0 aliphatic carbocycles. The summed E-state index contributed by atoms with van der Waals surface area (Å²) in [6, 6.07) is 21.9. The van der Waals surface area contributed by atoms with Crippen molar-refractivity contribution in [1.82, 2.24) is 4.90 Å². The number of carbonyl (C=O) groups is 2. The lowest BCUT2D eigenvalue weighted by atomic mass is 10.1. The van der Waals surface area contributed by atoms with Crippen LogP contribution in [0.1, 0.15) is 11.1 Å². The maximum Gasteiger partial charge on any atom is 0.325 e. The fourth-order valence-corrected chi connectivity index (χ4v) is 4.21. The van der Waals surface area contributed by atoms with Crippen LogP contribution in [-0.4, -0.2) is 35.5 Å². The first-order valence-corrected chi connectivity index (χ1v) is 12.1. The van der Waals surface area contributed by atoms with Crippen molar-refractivity contribution in [2.45, 2.75) is 6.61 Å². The number of para-hydroxylation sites is 1. The van der Waals surface area contributed by atoms with Crippen molar-refractivity contribution in [1.29, 1.82) is 0 Å². The number of halogens is 2. The normalized spacial score (nSPS) is 14.5. The number of thiocarbonyl (C=S) groups is 1. The minimum atomic E-state index is -0.524. The van der Waals surface area contributed by atoms with E-state index < -0.39 is 5.97 Å². The highest BCUT2D eigenvalue weighted by atomic mass is 79.9. The van der Waals surface area contributed by atoms with E-state index in [1.54, 1.807) is 30.3 Å². The van der Waals surface area contributed by atoms with E-state index in [0.717, 1.165) is 10.0 Å². The second-order valence-corrected chi connectivity index (χ2v) is 9.26. The second-order valence-electron chi connectivity index (χ2n) is 7.54. The highest BCUT2D eigenvalue weighted by molar-refractivity contribution is 9.10. The molecule has 0 saturated carbocycles. The molecule has 35 heavy (non-hydrogen) atoms. The van der Waals surface area contributed by atoms with E-state index in [2.05, 4.69) is 15.9 Å². The Bertz CT molecular complexity index is 1300. The average molecular weight is 572 g/mol. The number of nitrogens with zero attached hydrogens (tertiary/aromatic N) is 2. The first kappa shape index (κ1) is 24.9. The molecule has 1 aliphatic rings. The summed E-state index contributed by atoms with van der Waals surface area (Å²) >= 11 is 15.0. The molecule has 0 atom stereocenters. The van der Waals surface area contributed by atoms with Gasteiger partial charge in [0.2, 0.25) is 0 Å². The number of amides is 1. The second kappa shape index (κ2) is 11.0. The molecule has 9 heteroatoms. The molecule has 1 aliphatic heterocycles. The van der Waals surface area contributed by atoms with Crippen LogP contribution in [0.25, 0.3) is 6.08 Å². The average Bonchev–Trinajstić information content (AvgIpc) is 3.09. The van der Waals surface area contributed by atoms with Gasteiger partial charge in [-0.1, -0.05) is 57.9 Å². The van der Waals surface area contributed by atoms with Gasteiger partial charge in [-0.15, -0.1) is 0 Å². The largest absolute Gasteiger partial charge is 0.488 e. The van der Waals surface area contributed by atoms with Gasteiger partial charge in [0.25, 0.3) is 5.91 Å². The molecule has 0 N–H and O–H groups in total. The van der Waals surface area contributed by atoms with Crippen LogP contribution in [0.15, 0.2) is 83.0 Å². The van der Waals surface area contributed by atoms with Gasteiger partial charge in [0, 0.05) is 15.1 Å². The molecule has 1 heterocycles. The molecule has 4 rings (SSSR count). The fraction of sp³-hybridized carbons (Fsp3) is 0.115. The number of benzene rings is 3. The van der Waals surface area contributed by atoms with E-state index in [0.29, 0.717) is 28.6 Å². The number of carbonyl (C=O) groups excluding carboxylic acids is 2. The predicted octanol–water partition coefficient (Wildman–Crippen LogP) is 5.83. The van der Waals surface area contributed by atoms with Crippen LogP contribution in [0.3, 0.4) is 0 Å². The molecule has 178 valence electrons. The number of hydrogen-bond acceptors (Lipinski definition) is 5. The Morgan fingerprint density at radius 3 is 2.43 bits per heavy atom. The summed E-state index contributed by atoms with van der Waals surface area (Å²) in [7, 11) is 1.29. The van der Waals surface area contributed by atoms with Gasteiger partial charge >= 0.3 is 5.97 Å². The van der Waals surface area contributed by atoms with E-state index in [9.17, 15) is 9.59 Å². The molecule has 0 radical (unpaired) electrons. The van der Waals surface area contributed by atoms with Crippen LogP contribution in [0.4, 0.5) is 5.69 Å². The van der Waals surface area contributed by atoms with Crippen molar-refractivity contribution >= 4 is 68.5 Å². The monoisotopic (exact) mass is 570 g/mol. The van der Waals surface area contributed by atoms with E-state index in [1.165, 1.54) is 16.9 Å². The summed E-state index contributed by atoms with van der Waals surface area (Å²) in [6.45, 7) is 0.140.